The second-order valence-corrected chi connectivity index (χ2v) is 5.30. The summed E-state index contributed by atoms with van der Waals surface area (Å²) in [6.45, 7) is 1.58. The predicted molar refractivity (Wildman–Crippen MR) is 71.3 cm³/mol. The Labute approximate surface area is 118 Å². The molecule has 6 heteroatoms. The maximum atomic E-state index is 13.0. The van der Waals surface area contributed by atoms with E-state index in [1.54, 1.807) is 25.3 Å². The molecule has 0 radical (unpaired) electrons. The van der Waals surface area contributed by atoms with Crippen LogP contribution >= 0.6 is 15.9 Å². The summed E-state index contributed by atoms with van der Waals surface area (Å²) in [5.41, 5.74) is -0.508. The van der Waals surface area contributed by atoms with Gasteiger partial charge in [0.25, 0.3) is 0 Å². The summed E-state index contributed by atoms with van der Waals surface area (Å²) < 4.78 is 15.0. The van der Waals surface area contributed by atoms with Crippen molar-refractivity contribution in [3.63, 3.8) is 0 Å². The number of rotatable bonds is 4. The maximum Gasteiger partial charge on any atom is 0.331 e. The Morgan fingerprint density at radius 1 is 1.58 bits per heavy atom. The first kappa shape index (κ1) is 13.7. The maximum absolute atomic E-state index is 13.0. The van der Waals surface area contributed by atoms with Crippen LogP contribution in [-0.2, 0) is 16.8 Å². The van der Waals surface area contributed by atoms with Crippen LogP contribution < -0.4 is 0 Å². The number of carbonyl (C=O) groups is 1. The Morgan fingerprint density at radius 2 is 2.32 bits per heavy atom. The minimum absolute atomic E-state index is 0.199. The van der Waals surface area contributed by atoms with E-state index < -0.39 is 11.5 Å². The minimum Gasteiger partial charge on any atom is -0.479 e. The van der Waals surface area contributed by atoms with E-state index in [9.17, 15) is 14.3 Å². The summed E-state index contributed by atoms with van der Waals surface area (Å²) in [6, 6.07) is 5.87. The van der Waals surface area contributed by atoms with E-state index in [-0.39, 0.29) is 12.2 Å². The van der Waals surface area contributed by atoms with Crippen LogP contribution in [0.5, 0.6) is 0 Å². The highest BCUT2D eigenvalue weighted by molar-refractivity contribution is 9.10. The Hall–Kier alpha value is -1.69. The van der Waals surface area contributed by atoms with E-state index >= 15 is 0 Å². The van der Waals surface area contributed by atoms with Crippen molar-refractivity contribution < 1.29 is 14.3 Å². The molecule has 0 amide bonds. The fraction of sp³-hybridized carbons (Fsp3) is 0.231. The molecular formula is C13H12BrFN2O2. The summed E-state index contributed by atoms with van der Waals surface area (Å²) in [6.07, 6.45) is 3.33. The van der Waals surface area contributed by atoms with E-state index in [0.717, 1.165) is 0 Å². The lowest BCUT2D eigenvalue weighted by molar-refractivity contribution is -0.147. The fourth-order valence-corrected chi connectivity index (χ4v) is 2.34. The molecule has 1 atom stereocenters. The van der Waals surface area contributed by atoms with Crippen molar-refractivity contribution in [2.75, 3.05) is 0 Å². The van der Waals surface area contributed by atoms with Crippen molar-refractivity contribution in [2.24, 2.45) is 0 Å². The standard InChI is InChI=1S/C13H12BrFN2O2/c1-13(12(18)19,17-6-2-5-16-17)8-9-3-4-10(15)7-11(9)14/h2-7H,8H2,1H3,(H,18,19). The van der Waals surface area contributed by atoms with Crippen LogP contribution in [0.4, 0.5) is 4.39 Å². The molecule has 19 heavy (non-hydrogen) atoms. The highest BCUT2D eigenvalue weighted by atomic mass is 79.9. The number of nitrogens with zero attached hydrogens (tertiary/aromatic N) is 2. The lowest BCUT2D eigenvalue weighted by Crippen LogP contribution is -2.41. The van der Waals surface area contributed by atoms with Crippen LogP contribution in [0.1, 0.15) is 12.5 Å². The number of hydrogen-bond donors (Lipinski definition) is 1. The van der Waals surface area contributed by atoms with Crippen molar-refractivity contribution in [3.8, 4) is 0 Å². The lowest BCUT2D eigenvalue weighted by atomic mass is 9.93. The highest BCUT2D eigenvalue weighted by Gasteiger charge is 2.36. The molecule has 100 valence electrons. The first-order valence-corrected chi connectivity index (χ1v) is 6.40. The van der Waals surface area contributed by atoms with Gasteiger partial charge in [-0.25, -0.2) is 9.18 Å². The van der Waals surface area contributed by atoms with Gasteiger partial charge < -0.3 is 5.11 Å². The third-order valence-corrected chi connectivity index (χ3v) is 3.76. The van der Waals surface area contributed by atoms with Crippen LogP contribution in [0.3, 0.4) is 0 Å². The molecule has 0 saturated carbocycles. The van der Waals surface area contributed by atoms with Crippen molar-refractivity contribution >= 4 is 21.9 Å². The first-order chi connectivity index (χ1) is 8.93. The fourth-order valence-electron chi connectivity index (χ4n) is 1.85. The Kier molecular flexibility index (Phi) is 3.71. The first-order valence-electron chi connectivity index (χ1n) is 5.61. The zero-order valence-electron chi connectivity index (χ0n) is 10.2. The van der Waals surface area contributed by atoms with Gasteiger partial charge in [0.05, 0.1) is 0 Å². The van der Waals surface area contributed by atoms with E-state index in [4.69, 9.17) is 0 Å². The van der Waals surface area contributed by atoms with Crippen molar-refractivity contribution in [1.82, 2.24) is 9.78 Å². The summed E-state index contributed by atoms with van der Waals surface area (Å²) >= 11 is 3.25. The molecule has 0 spiro atoms. The van der Waals surface area contributed by atoms with Crippen LogP contribution in [0.25, 0.3) is 0 Å². The van der Waals surface area contributed by atoms with Gasteiger partial charge in [0, 0.05) is 23.3 Å². The van der Waals surface area contributed by atoms with Gasteiger partial charge in [-0.15, -0.1) is 0 Å². The third kappa shape index (κ3) is 2.68. The van der Waals surface area contributed by atoms with Gasteiger partial charge in [0.1, 0.15) is 5.82 Å². The lowest BCUT2D eigenvalue weighted by Gasteiger charge is -2.26. The second kappa shape index (κ2) is 5.13. The van der Waals surface area contributed by atoms with Crippen molar-refractivity contribution in [1.29, 1.82) is 0 Å². The smallest absolute Gasteiger partial charge is 0.331 e. The summed E-state index contributed by atoms with van der Waals surface area (Å²) in [7, 11) is 0. The zero-order chi connectivity index (χ0) is 14.0. The Balaban J connectivity index is 2.40. The average molecular weight is 327 g/mol. The summed E-state index contributed by atoms with van der Waals surface area (Å²) in [5.74, 6) is -1.36. The molecule has 0 aliphatic heterocycles. The third-order valence-electron chi connectivity index (χ3n) is 3.02. The topological polar surface area (TPSA) is 55.1 Å². The van der Waals surface area contributed by atoms with Gasteiger partial charge >= 0.3 is 5.97 Å². The molecule has 1 N–H and O–H groups in total. The Bertz CT molecular complexity index is 601. The summed E-state index contributed by atoms with van der Waals surface area (Å²) in [4.78, 5) is 11.6. The molecule has 4 nitrogen and oxygen atoms in total. The Morgan fingerprint density at radius 3 is 2.84 bits per heavy atom. The molecule has 1 unspecified atom stereocenters. The molecule has 0 saturated heterocycles. The molecule has 2 aromatic rings. The molecule has 1 aromatic carbocycles. The molecular weight excluding hydrogens is 315 g/mol. The highest BCUT2D eigenvalue weighted by Crippen LogP contribution is 2.27. The van der Waals surface area contributed by atoms with Crippen LogP contribution in [0, 0.1) is 5.82 Å². The van der Waals surface area contributed by atoms with Gasteiger partial charge in [0.2, 0.25) is 0 Å². The monoisotopic (exact) mass is 326 g/mol. The number of benzene rings is 1. The number of carboxylic acids is 1. The largest absolute Gasteiger partial charge is 0.479 e. The molecule has 0 fully saturated rings. The van der Waals surface area contributed by atoms with E-state index in [2.05, 4.69) is 21.0 Å². The molecule has 0 aliphatic rings. The average Bonchev–Trinajstić information content (AvgIpc) is 2.86. The number of aliphatic carboxylic acids is 1. The van der Waals surface area contributed by atoms with Crippen molar-refractivity contribution in [3.05, 3.63) is 52.5 Å². The minimum atomic E-state index is -1.22. The number of hydrogen-bond acceptors (Lipinski definition) is 2. The van der Waals surface area contributed by atoms with Gasteiger partial charge in [-0.3, -0.25) is 4.68 Å². The van der Waals surface area contributed by atoms with E-state index in [1.807, 2.05) is 0 Å². The molecule has 2 rings (SSSR count). The van der Waals surface area contributed by atoms with E-state index in [0.29, 0.717) is 10.0 Å². The SMILES string of the molecule is CC(Cc1ccc(F)cc1Br)(C(=O)O)n1cccn1. The van der Waals surface area contributed by atoms with Crippen molar-refractivity contribution in [2.45, 2.75) is 18.9 Å². The molecule has 0 bridgehead atoms. The number of halogens is 2. The van der Waals surface area contributed by atoms with Gasteiger partial charge in [-0.2, -0.15) is 5.10 Å². The normalized spacial score (nSPS) is 14.1. The summed E-state index contributed by atoms with van der Waals surface area (Å²) in [5, 5.41) is 13.5. The predicted octanol–water partition coefficient (Wildman–Crippen LogP) is 2.83. The van der Waals surface area contributed by atoms with E-state index in [1.165, 1.54) is 23.0 Å². The second-order valence-electron chi connectivity index (χ2n) is 4.44. The zero-order valence-corrected chi connectivity index (χ0v) is 11.8. The quantitative estimate of drug-likeness (QED) is 0.939. The molecule has 0 aliphatic carbocycles. The van der Waals surface area contributed by atoms with Gasteiger partial charge in [-0.1, -0.05) is 22.0 Å². The van der Waals surface area contributed by atoms with Crippen LogP contribution in [0.15, 0.2) is 41.1 Å². The molecule has 1 heterocycles. The molecule has 1 aromatic heterocycles. The van der Waals surface area contributed by atoms with Gasteiger partial charge in [-0.05, 0) is 30.7 Å². The number of carboxylic acid groups (broad SMARTS) is 1. The van der Waals surface area contributed by atoms with Crippen LogP contribution in [0.2, 0.25) is 0 Å². The van der Waals surface area contributed by atoms with Crippen LogP contribution in [-0.4, -0.2) is 20.9 Å². The number of aromatic nitrogens is 2. The van der Waals surface area contributed by atoms with Gasteiger partial charge in [0.15, 0.2) is 5.54 Å².